The molecule has 0 aromatic carbocycles. The van der Waals surface area contributed by atoms with E-state index in [4.69, 9.17) is 9.84 Å². The van der Waals surface area contributed by atoms with Crippen molar-refractivity contribution in [2.24, 2.45) is 10.9 Å². The first-order chi connectivity index (χ1) is 9.10. The maximum atomic E-state index is 12.3. The Morgan fingerprint density at radius 3 is 2.74 bits per heavy atom. The Bertz CT molecular complexity index is 351. The fourth-order valence-corrected chi connectivity index (χ4v) is 2.63. The highest BCUT2D eigenvalue weighted by Crippen LogP contribution is 2.25. The lowest BCUT2D eigenvalue weighted by molar-refractivity contribution is -0.147. The van der Waals surface area contributed by atoms with Gasteiger partial charge in [0.05, 0.1) is 12.0 Å². The SMILES string of the molecule is CCC(=NC)C1C(=O)CCCCCC1OCC(=O)O. The largest absolute Gasteiger partial charge is 0.480 e. The molecule has 0 saturated heterocycles. The van der Waals surface area contributed by atoms with Crippen LogP contribution in [0.25, 0.3) is 0 Å². The van der Waals surface area contributed by atoms with E-state index in [0.29, 0.717) is 12.8 Å². The summed E-state index contributed by atoms with van der Waals surface area (Å²) >= 11 is 0. The van der Waals surface area contributed by atoms with Gasteiger partial charge < -0.3 is 9.84 Å². The fourth-order valence-electron chi connectivity index (χ4n) is 2.63. The number of nitrogens with zero attached hydrogens (tertiary/aromatic N) is 1. The van der Waals surface area contributed by atoms with Crippen LogP contribution in [0.15, 0.2) is 4.99 Å². The van der Waals surface area contributed by atoms with E-state index in [1.165, 1.54) is 0 Å². The van der Waals surface area contributed by atoms with Crippen LogP contribution in [0.2, 0.25) is 0 Å². The smallest absolute Gasteiger partial charge is 0.329 e. The summed E-state index contributed by atoms with van der Waals surface area (Å²) in [6.07, 6.45) is 4.48. The average Bonchev–Trinajstić information content (AvgIpc) is 2.37. The second-order valence-corrected chi connectivity index (χ2v) is 4.86. The predicted octanol–water partition coefficient (Wildman–Crippen LogP) is 2.09. The van der Waals surface area contributed by atoms with Gasteiger partial charge in [0, 0.05) is 19.2 Å². The molecule has 0 spiro atoms. The standard InChI is InChI=1S/C14H23NO4/c1-3-10(15-2)14-11(16)7-5-4-6-8-12(14)19-9-13(17)18/h12,14H,3-9H2,1-2H3,(H,17,18). The number of carbonyl (C=O) groups excluding carboxylic acids is 1. The van der Waals surface area contributed by atoms with Crippen LogP contribution in [0.5, 0.6) is 0 Å². The van der Waals surface area contributed by atoms with Gasteiger partial charge in [-0.2, -0.15) is 0 Å². The van der Waals surface area contributed by atoms with Gasteiger partial charge in [-0.25, -0.2) is 4.79 Å². The Balaban J connectivity index is 2.88. The molecule has 0 aliphatic heterocycles. The maximum absolute atomic E-state index is 12.3. The average molecular weight is 269 g/mol. The van der Waals surface area contributed by atoms with Gasteiger partial charge in [0.1, 0.15) is 12.4 Å². The fraction of sp³-hybridized carbons (Fsp3) is 0.786. The first-order valence-electron chi connectivity index (χ1n) is 6.91. The van der Waals surface area contributed by atoms with Crippen LogP contribution >= 0.6 is 0 Å². The third-order valence-corrected chi connectivity index (χ3v) is 3.56. The van der Waals surface area contributed by atoms with E-state index in [1.54, 1.807) is 7.05 Å². The van der Waals surface area contributed by atoms with Crippen LogP contribution in [0.3, 0.4) is 0 Å². The lowest BCUT2D eigenvalue weighted by Gasteiger charge is -2.28. The first kappa shape index (κ1) is 15.8. The quantitative estimate of drug-likeness (QED) is 0.775. The van der Waals surface area contributed by atoms with Crippen molar-refractivity contribution in [1.82, 2.24) is 0 Å². The van der Waals surface area contributed by atoms with Crippen LogP contribution in [0.1, 0.15) is 45.4 Å². The summed E-state index contributed by atoms with van der Waals surface area (Å²) in [5.74, 6) is -1.23. The zero-order valence-corrected chi connectivity index (χ0v) is 11.7. The molecule has 5 heteroatoms. The number of ketones is 1. The van der Waals surface area contributed by atoms with Gasteiger partial charge in [0.15, 0.2) is 0 Å². The van der Waals surface area contributed by atoms with Crippen LogP contribution in [-0.4, -0.2) is 42.3 Å². The lowest BCUT2D eigenvalue weighted by atomic mass is 9.83. The summed E-state index contributed by atoms with van der Waals surface area (Å²) in [4.78, 5) is 27.1. The Morgan fingerprint density at radius 2 is 2.16 bits per heavy atom. The molecule has 1 aliphatic carbocycles. The van der Waals surface area contributed by atoms with E-state index in [0.717, 1.165) is 31.4 Å². The molecule has 0 radical (unpaired) electrons. The highest BCUT2D eigenvalue weighted by atomic mass is 16.5. The van der Waals surface area contributed by atoms with Crippen molar-refractivity contribution in [2.75, 3.05) is 13.7 Å². The van der Waals surface area contributed by atoms with Crippen molar-refractivity contribution < 1.29 is 19.4 Å². The molecule has 0 aromatic rings. The Morgan fingerprint density at radius 1 is 1.42 bits per heavy atom. The second kappa shape index (κ2) is 8.04. The first-order valence-corrected chi connectivity index (χ1v) is 6.91. The van der Waals surface area contributed by atoms with Gasteiger partial charge in [-0.1, -0.05) is 19.8 Å². The van der Waals surface area contributed by atoms with Gasteiger partial charge in [-0.3, -0.25) is 9.79 Å². The van der Waals surface area contributed by atoms with Crippen molar-refractivity contribution >= 4 is 17.5 Å². The number of ether oxygens (including phenoxy) is 1. The molecule has 1 saturated carbocycles. The number of hydrogen-bond acceptors (Lipinski definition) is 4. The van der Waals surface area contributed by atoms with Crippen LogP contribution in [0.4, 0.5) is 0 Å². The topological polar surface area (TPSA) is 76.0 Å². The molecule has 2 unspecified atom stereocenters. The number of carboxylic acid groups (broad SMARTS) is 1. The molecule has 5 nitrogen and oxygen atoms in total. The van der Waals surface area contributed by atoms with Gasteiger partial charge in [-0.15, -0.1) is 0 Å². The predicted molar refractivity (Wildman–Crippen MR) is 72.6 cm³/mol. The summed E-state index contributed by atoms with van der Waals surface area (Å²) < 4.78 is 5.45. The van der Waals surface area contributed by atoms with Gasteiger partial charge in [0.2, 0.25) is 0 Å². The molecule has 1 aliphatic rings. The molecule has 0 heterocycles. The molecular formula is C14H23NO4. The summed E-state index contributed by atoms with van der Waals surface area (Å²) in [7, 11) is 1.68. The molecule has 108 valence electrons. The molecule has 1 N–H and O–H groups in total. The van der Waals surface area contributed by atoms with Gasteiger partial charge in [0.25, 0.3) is 0 Å². The molecule has 2 atom stereocenters. The van der Waals surface area contributed by atoms with Crippen molar-refractivity contribution in [3.63, 3.8) is 0 Å². The molecule has 1 rings (SSSR count). The van der Waals surface area contributed by atoms with E-state index >= 15 is 0 Å². The minimum Gasteiger partial charge on any atom is -0.480 e. The molecule has 19 heavy (non-hydrogen) atoms. The maximum Gasteiger partial charge on any atom is 0.329 e. The molecule has 1 fully saturated rings. The van der Waals surface area contributed by atoms with E-state index < -0.39 is 5.97 Å². The number of Topliss-reactive ketones (excluding diaryl/α,β-unsaturated/α-hetero) is 1. The Labute approximate surface area is 114 Å². The third-order valence-electron chi connectivity index (χ3n) is 3.56. The van der Waals surface area contributed by atoms with Crippen molar-refractivity contribution in [2.45, 2.75) is 51.6 Å². The van der Waals surface area contributed by atoms with Crippen LogP contribution in [0, 0.1) is 5.92 Å². The summed E-state index contributed by atoms with van der Waals surface area (Å²) in [6, 6.07) is 0. The van der Waals surface area contributed by atoms with Crippen molar-refractivity contribution in [3.8, 4) is 0 Å². The van der Waals surface area contributed by atoms with E-state index in [1.807, 2.05) is 6.92 Å². The van der Waals surface area contributed by atoms with Crippen molar-refractivity contribution in [1.29, 1.82) is 0 Å². The number of aliphatic imine (C=N–C) groups is 1. The third kappa shape index (κ3) is 4.74. The molecular weight excluding hydrogens is 246 g/mol. The zero-order valence-electron chi connectivity index (χ0n) is 11.7. The monoisotopic (exact) mass is 269 g/mol. The number of carboxylic acids is 1. The van der Waals surface area contributed by atoms with Gasteiger partial charge in [-0.05, 0) is 19.3 Å². The lowest BCUT2D eigenvalue weighted by Crippen LogP contribution is -2.38. The summed E-state index contributed by atoms with van der Waals surface area (Å²) in [6.45, 7) is 1.61. The Kier molecular flexibility index (Phi) is 6.70. The highest BCUT2D eigenvalue weighted by molar-refractivity contribution is 6.05. The number of hydrogen-bond donors (Lipinski definition) is 1. The minimum absolute atomic E-state index is 0.137. The molecule has 0 bridgehead atoms. The van der Waals surface area contributed by atoms with E-state index in [2.05, 4.69) is 4.99 Å². The normalized spacial score (nSPS) is 25.8. The minimum atomic E-state index is -1.00. The number of aliphatic carboxylic acids is 1. The second-order valence-electron chi connectivity index (χ2n) is 4.86. The van der Waals surface area contributed by atoms with Gasteiger partial charge >= 0.3 is 5.97 Å². The summed E-state index contributed by atoms with van der Waals surface area (Å²) in [5.41, 5.74) is 0.822. The molecule has 0 aromatic heterocycles. The van der Waals surface area contributed by atoms with E-state index in [-0.39, 0.29) is 24.4 Å². The number of carbonyl (C=O) groups is 2. The highest BCUT2D eigenvalue weighted by Gasteiger charge is 2.33. The summed E-state index contributed by atoms with van der Waals surface area (Å²) in [5, 5.41) is 8.73. The zero-order chi connectivity index (χ0) is 14.3. The van der Waals surface area contributed by atoms with Crippen LogP contribution in [-0.2, 0) is 14.3 Å². The van der Waals surface area contributed by atoms with Crippen molar-refractivity contribution in [3.05, 3.63) is 0 Å². The Hall–Kier alpha value is -1.23. The number of rotatable bonds is 5. The van der Waals surface area contributed by atoms with Crippen LogP contribution < -0.4 is 0 Å². The molecule has 0 amide bonds. The van der Waals surface area contributed by atoms with E-state index in [9.17, 15) is 9.59 Å².